The van der Waals surface area contributed by atoms with Crippen molar-refractivity contribution in [3.05, 3.63) is 166 Å². The summed E-state index contributed by atoms with van der Waals surface area (Å²) in [5.41, 5.74) is 16.8. The summed E-state index contributed by atoms with van der Waals surface area (Å²) in [5, 5.41) is 0.0770. The van der Waals surface area contributed by atoms with Gasteiger partial charge < -0.3 is 14.7 Å². The van der Waals surface area contributed by atoms with E-state index < -0.39 is 8.07 Å². The Morgan fingerprint density at radius 1 is 0.561 bits per heavy atom. The number of carbonyl (C=O) groups excluding carboxylic acids is 2. The van der Waals surface area contributed by atoms with E-state index >= 15 is 0 Å². The van der Waals surface area contributed by atoms with Crippen LogP contribution in [0.25, 0.3) is 90.9 Å². The van der Waals surface area contributed by atoms with Crippen LogP contribution in [0, 0.1) is 24.7 Å². The topological polar surface area (TPSA) is 101 Å². The minimum absolute atomic E-state index is 0.0770. The fraction of sp³-hybridized carbons (Fsp3) is 0.123. The first kappa shape index (κ1) is 43.6. The third-order valence-corrected chi connectivity index (χ3v) is 14.2. The van der Waals surface area contributed by atoms with Gasteiger partial charge in [0, 0.05) is 76.2 Å². The number of hydrogen-bond acceptors (Lipinski definition) is 6. The van der Waals surface area contributed by atoms with Crippen molar-refractivity contribution in [3.8, 4) is 69.2 Å². The van der Waals surface area contributed by atoms with Crippen LogP contribution in [-0.4, -0.2) is 45.7 Å². The zero-order chi connectivity index (χ0) is 46.0. The first-order chi connectivity index (χ1) is 31.9. The Morgan fingerprint density at radius 3 is 1.39 bits per heavy atom. The number of nitrogens with zero attached hydrogens (tertiary/aromatic N) is 2. The SMILES string of the molecule is C#Cc1ccc(-c2c3nc(c(-c4ccc(CSC(C)=O)cc4)c4nc(c(-c5ccc(C#C)cc5)c5ccc([nH]5)c(-c5ccc(C(=O)OCC[Si](C)(C)C)cc5)c5ccc2[nH]5)C=C4)C=C3)cc1. The number of fused-ring (bicyclic) bond motifs is 8. The molecule has 2 aliphatic rings. The molecule has 0 amide bonds. The van der Waals surface area contributed by atoms with E-state index in [1.54, 1.807) is 6.92 Å². The summed E-state index contributed by atoms with van der Waals surface area (Å²) in [6.45, 7) is 8.80. The highest BCUT2D eigenvalue weighted by molar-refractivity contribution is 8.12. The third-order valence-electron chi connectivity index (χ3n) is 11.6. The van der Waals surface area contributed by atoms with Crippen LogP contribution >= 0.6 is 11.8 Å². The summed E-state index contributed by atoms with van der Waals surface area (Å²) >= 11 is 1.29. The lowest BCUT2D eigenvalue weighted by atomic mass is 10.0. The molecular formula is C57H46N4O3SSi. The molecular weight excluding hydrogens is 849 g/mol. The summed E-state index contributed by atoms with van der Waals surface area (Å²) in [4.78, 5) is 43.4. The molecule has 0 saturated heterocycles. The lowest BCUT2D eigenvalue weighted by Crippen LogP contribution is -2.22. The summed E-state index contributed by atoms with van der Waals surface area (Å²) in [7, 11) is -1.37. The van der Waals surface area contributed by atoms with Gasteiger partial charge in [0.2, 0.25) is 0 Å². The number of aromatic amines is 2. The molecule has 0 radical (unpaired) electrons. The molecule has 9 rings (SSSR count). The Bertz CT molecular complexity index is 3200. The second-order valence-electron chi connectivity index (χ2n) is 17.4. The molecule has 0 aliphatic carbocycles. The van der Waals surface area contributed by atoms with Crippen LogP contribution in [0.4, 0.5) is 0 Å². The monoisotopic (exact) mass is 894 g/mol. The molecule has 0 saturated carbocycles. The Labute approximate surface area is 390 Å². The van der Waals surface area contributed by atoms with E-state index in [0.717, 1.165) is 112 Å². The number of H-pyrrole nitrogens is 2. The van der Waals surface area contributed by atoms with Crippen LogP contribution in [0.15, 0.2) is 121 Å². The van der Waals surface area contributed by atoms with Crippen molar-refractivity contribution >= 4 is 77.3 Å². The fourth-order valence-electron chi connectivity index (χ4n) is 8.15. The molecule has 3 aromatic heterocycles. The van der Waals surface area contributed by atoms with Gasteiger partial charge in [-0.3, -0.25) is 4.79 Å². The van der Waals surface area contributed by atoms with E-state index in [2.05, 4.69) is 90.0 Å². The molecule has 5 heterocycles. The van der Waals surface area contributed by atoms with Crippen molar-refractivity contribution in [1.82, 2.24) is 19.9 Å². The molecule has 66 heavy (non-hydrogen) atoms. The fourth-order valence-corrected chi connectivity index (χ4v) is 9.42. The largest absolute Gasteiger partial charge is 0.462 e. The first-order valence-electron chi connectivity index (χ1n) is 21.8. The Balaban J connectivity index is 1.33. The number of esters is 1. The van der Waals surface area contributed by atoms with E-state index in [0.29, 0.717) is 17.9 Å². The number of ether oxygens (including phenoxy) is 1. The van der Waals surface area contributed by atoms with Crippen molar-refractivity contribution in [3.63, 3.8) is 0 Å². The maximum atomic E-state index is 13.2. The highest BCUT2D eigenvalue weighted by Crippen LogP contribution is 2.39. The lowest BCUT2D eigenvalue weighted by molar-refractivity contribution is -0.109. The van der Waals surface area contributed by atoms with E-state index in [1.807, 2.05) is 97.1 Å². The van der Waals surface area contributed by atoms with Crippen LogP contribution in [0.1, 0.15) is 56.7 Å². The highest BCUT2D eigenvalue weighted by Gasteiger charge is 2.21. The number of rotatable bonds is 10. The predicted molar refractivity (Wildman–Crippen MR) is 277 cm³/mol. The maximum absolute atomic E-state index is 13.2. The smallest absolute Gasteiger partial charge is 0.338 e. The quantitative estimate of drug-likeness (QED) is 0.0806. The van der Waals surface area contributed by atoms with E-state index in [4.69, 9.17) is 27.6 Å². The van der Waals surface area contributed by atoms with Crippen LogP contribution < -0.4 is 0 Å². The molecule has 9 heteroatoms. The molecule has 322 valence electrons. The van der Waals surface area contributed by atoms with Gasteiger partial charge in [0.05, 0.1) is 34.9 Å². The zero-order valence-electron chi connectivity index (χ0n) is 37.2. The predicted octanol–water partition coefficient (Wildman–Crippen LogP) is 13.6. The van der Waals surface area contributed by atoms with Gasteiger partial charge in [-0.15, -0.1) is 12.8 Å². The molecule has 4 aromatic carbocycles. The Kier molecular flexibility index (Phi) is 12.2. The lowest BCUT2D eigenvalue weighted by Gasteiger charge is -2.15. The maximum Gasteiger partial charge on any atom is 0.338 e. The van der Waals surface area contributed by atoms with Gasteiger partial charge in [0.25, 0.3) is 0 Å². The average molecular weight is 895 g/mol. The minimum atomic E-state index is -1.37. The minimum Gasteiger partial charge on any atom is -0.462 e. The van der Waals surface area contributed by atoms with Gasteiger partial charge >= 0.3 is 5.97 Å². The number of hydrogen-bond donors (Lipinski definition) is 2. The van der Waals surface area contributed by atoms with Crippen LogP contribution in [0.2, 0.25) is 25.7 Å². The van der Waals surface area contributed by atoms with Crippen LogP contribution in [0.5, 0.6) is 0 Å². The Morgan fingerprint density at radius 2 is 0.955 bits per heavy atom. The summed E-state index contributed by atoms with van der Waals surface area (Å²) < 4.78 is 5.71. The standard InChI is InChI=1S/C57H46N4O3SSi/c1-7-37-9-15-40(16-10-37)53-45-25-27-49(58-45)55(42-19-13-39(14-20-42)35-65-36(3)62)50-28-26-46(59-50)54(41-17-11-38(8-2)12-18-41)48-30-32-52(61-48)56(51-31-29-47(53)60-51)43-21-23-44(24-22-43)57(63)64-33-34-66(4,5)6/h1-2,9-32,60-61H,33-35H2,3-6H3. The summed E-state index contributed by atoms with van der Waals surface area (Å²) in [5.74, 6) is 5.75. The van der Waals surface area contributed by atoms with Gasteiger partial charge in [0.15, 0.2) is 5.12 Å². The Hall–Kier alpha value is -7.69. The van der Waals surface area contributed by atoms with Gasteiger partial charge in [-0.2, -0.15) is 0 Å². The summed E-state index contributed by atoms with van der Waals surface area (Å²) in [6.07, 6.45) is 19.8. The molecule has 2 N–H and O–H groups in total. The second kappa shape index (κ2) is 18.4. The van der Waals surface area contributed by atoms with Crippen molar-refractivity contribution in [2.24, 2.45) is 0 Å². The molecule has 7 nitrogen and oxygen atoms in total. The number of nitrogens with one attached hydrogen (secondary N) is 2. The number of benzene rings is 4. The van der Waals surface area contributed by atoms with Crippen molar-refractivity contribution in [2.75, 3.05) is 6.61 Å². The number of terminal acetylenes is 2. The van der Waals surface area contributed by atoms with E-state index in [9.17, 15) is 9.59 Å². The van der Waals surface area contributed by atoms with Gasteiger partial charge in [-0.1, -0.05) is 104 Å². The van der Waals surface area contributed by atoms with Crippen LogP contribution in [0.3, 0.4) is 0 Å². The van der Waals surface area contributed by atoms with Gasteiger partial charge in [-0.05, 0) is 119 Å². The van der Waals surface area contributed by atoms with E-state index in [1.165, 1.54) is 11.8 Å². The second-order valence-corrected chi connectivity index (χ2v) is 24.2. The molecule has 8 bridgehead atoms. The van der Waals surface area contributed by atoms with Crippen molar-refractivity contribution in [2.45, 2.75) is 38.4 Å². The number of carbonyl (C=O) groups is 2. The number of aromatic nitrogens is 4. The highest BCUT2D eigenvalue weighted by atomic mass is 32.2. The van der Waals surface area contributed by atoms with Gasteiger partial charge in [0.1, 0.15) is 0 Å². The van der Waals surface area contributed by atoms with Crippen LogP contribution in [-0.2, 0) is 15.3 Å². The molecule has 0 atom stereocenters. The number of thioether (sulfide) groups is 1. The summed E-state index contributed by atoms with van der Waals surface area (Å²) in [6, 6.07) is 41.0. The molecule has 7 aromatic rings. The first-order valence-corrected chi connectivity index (χ1v) is 26.4. The zero-order valence-corrected chi connectivity index (χ0v) is 39.0. The third kappa shape index (κ3) is 9.27. The van der Waals surface area contributed by atoms with E-state index in [-0.39, 0.29) is 11.1 Å². The normalized spacial score (nSPS) is 11.8. The molecule has 0 fully saturated rings. The van der Waals surface area contributed by atoms with Crippen molar-refractivity contribution < 1.29 is 14.3 Å². The average Bonchev–Trinajstić information content (AvgIpc) is 4.17. The molecule has 2 aliphatic heterocycles. The molecule has 0 unspecified atom stereocenters. The molecule has 0 spiro atoms. The van der Waals surface area contributed by atoms with Crippen molar-refractivity contribution in [1.29, 1.82) is 0 Å². The van der Waals surface area contributed by atoms with Gasteiger partial charge in [-0.25, -0.2) is 14.8 Å².